The molecule has 0 bridgehead atoms. The van der Waals surface area contributed by atoms with Crippen molar-refractivity contribution in [1.82, 2.24) is 0 Å². The number of aromatic carboxylic acids is 1. The SMILES string of the molecule is O=C(O)c1ccc(NC(=O)c2cccc([N+](=O)[O-])c2Cl)s1. The van der Waals surface area contributed by atoms with Gasteiger partial charge >= 0.3 is 5.97 Å². The summed E-state index contributed by atoms with van der Waals surface area (Å²) in [5, 5.41) is 22.0. The first kappa shape index (κ1) is 14.9. The number of nitro groups is 1. The third-order valence-corrected chi connectivity index (χ3v) is 3.86. The van der Waals surface area contributed by atoms with Crippen LogP contribution in [0.25, 0.3) is 0 Å². The molecule has 0 unspecified atom stereocenters. The maximum absolute atomic E-state index is 12.0. The van der Waals surface area contributed by atoms with E-state index >= 15 is 0 Å². The molecule has 0 saturated carbocycles. The van der Waals surface area contributed by atoms with Crippen LogP contribution in [0.15, 0.2) is 30.3 Å². The fraction of sp³-hybridized carbons (Fsp3) is 0. The third-order valence-electron chi connectivity index (χ3n) is 2.47. The van der Waals surface area contributed by atoms with Gasteiger partial charge in [-0.2, -0.15) is 0 Å². The van der Waals surface area contributed by atoms with E-state index in [1.807, 2.05) is 0 Å². The fourth-order valence-electron chi connectivity index (χ4n) is 1.54. The number of anilines is 1. The molecule has 9 heteroatoms. The molecule has 0 atom stereocenters. The normalized spacial score (nSPS) is 10.1. The lowest BCUT2D eigenvalue weighted by molar-refractivity contribution is -0.384. The highest BCUT2D eigenvalue weighted by atomic mass is 35.5. The van der Waals surface area contributed by atoms with Crippen LogP contribution in [0.1, 0.15) is 20.0 Å². The van der Waals surface area contributed by atoms with E-state index in [0.29, 0.717) is 5.00 Å². The Bertz CT molecular complexity index is 743. The Labute approximate surface area is 126 Å². The highest BCUT2D eigenvalue weighted by Gasteiger charge is 2.20. The van der Waals surface area contributed by atoms with Crippen molar-refractivity contribution in [2.24, 2.45) is 0 Å². The molecule has 1 aromatic carbocycles. The predicted octanol–water partition coefficient (Wildman–Crippen LogP) is 3.26. The van der Waals surface area contributed by atoms with Crippen LogP contribution in [0.3, 0.4) is 0 Å². The van der Waals surface area contributed by atoms with Gasteiger partial charge in [-0.25, -0.2) is 4.79 Å². The van der Waals surface area contributed by atoms with Crippen LogP contribution in [0.2, 0.25) is 5.02 Å². The summed E-state index contributed by atoms with van der Waals surface area (Å²) in [6.45, 7) is 0. The Kier molecular flexibility index (Phi) is 4.20. The number of rotatable bonds is 4. The van der Waals surface area contributed by atoms with Crippen molar-refractivity contribution in [2.45, 2.75) is 0 Å². The van der Waals surface area contributed by atoms with Crippen LogP contribution in [0, 0.1) is 10.1 Å². The number of hydrogen-bond donors (Lipinski definition) is 2. The lowest BCUT2D eigenvalue weighted by Crippen LogP contribution is -2.12. The van der Waals surface area contributed by atoms with Gasteiger partial charge in [0.05, 0.1) is 15.5 Å². The number of nitrogens with one attached hydrogen (secondary N) is 1. The molecule has 108 valence electrons. The van der Waals surface area contributed by atoms with Crippen LogP contribution in [-0.2, 0) is 0 Å². The number of nitro benzene ring substituents is 1. The number of carboxylic acid groups (broad SMARTS) is 1. The van der Waals surface area contributed by atoms with E-state index in [1.54, 1.807) is 0 Å². The summed E-state index contributed by atoms with van der Waals surface area (Å²) in [5.74, 6) is -1.75. The van der Waals surface area contributed by atoms with E-state index < -0.39 is 16.8 Å². The van der Waals surface area contributed by atoms with Crippen molar-refractivity contribution < 1.29 is 19.6 Å². The molecule has 0 fully saturated rings. The summed E-state index contributed by atoms with van der Waals surface area (Å²) >= 11 is 6.70. The molecule has 21 heavy (non-hydrogen) atoms. The maximum atomic E-state index is 12.0. The molecule has 0 aliphatic heterocycles. The minimum absolute atomic E-state index is 0.0591. The number of thiophene rings is 1. The molecule has 1 heterocycles. The average Bonchev–Trinajstić information content (AvgIpc) is 2.87. The first-order chi connectivity index (χ1) is 9.90. The smallest absolute Gasteiger partial charge is 0.345 e. The number of amides is 1. The van der Waals surface area contributed by atoms with E-state index in [4.69, 9.17) is 16.7 Å². The topological polar surface area (TPSA) is 110 Å². The van der Waals surface area contributed by atoms with Gasteiger partial charge < -0.3 is 10.4 Å². The molecule has 0 saturated heterocycles. The van der Waals surface area contributed by atoms with Crippen molar-refractivity contribution in [1.29, 1.82) is 0 Å². The Morgan fingerprint density at radius 1 is 1.29 bits per heavy atom. The molecular formula is C12H7ClN2O5S. The molecule has 2 aromatic rings. The van der Waals surface area contributed by atoms with E-state index in [0.717, 1.165) is 11.3 Å². The minimum atomic E-state index is -1.10. The molecule has 0 radical (unpaired) electrons. The van der Waals surface area contributed by atoms with Gasteiger partial charge in [-0.3, -0.25) is 14.9 Å². The van der Waals surface area contributed by atoms with Gasteiger partial charge in [-0.1, -0.05) is 17.7 Å². The van der Waals surface area contributed by atoms with Crippen molar-refractivity contribution in [3.05, 3.63) is 55.9 Å². The zero-order chi connectivity index (χ0) is 15.6. The number of carbonyl (C=O) groups excluding carboxylic acids is 1. The Balaban J connectivity index is 2.26. The summed E-state index contributed by atoms with van der Waals surface area (Å²) in [4.78, 5) is 32.9. The summed E-state index contributed by atoms with van der Waals surface area (Å²) in [7, 11) is 0. The lowest BCUT2D eigenvalue weighted by Gasteiger charge is -2.04. The Morgan fingerprint density at radius 3 is 2.57 bits per heavy atom. The Morgan fingerprint density at radius 2 is 2.00 bits per heavy atom. The second-order valence-electron chi connectivity index (χ2n) is 3.82. The van der Waals surface area contributed by atoms with Crippen LogP contribution in [0.4, 0.5) is 10.7 Å². The van der Waals surface area contributed by atoms with Gasteiger partial charge in [0.15, 0.2) is 0 Å². The zero-order valence-corrected chi connectivity index (χ0v) is 11.8. The second kappa shape index (κ2) is 5.90. The number of carbonyl (C=O) groups is 2. The molecule has 2 rings (SSSR count). The first-order valence-electron chi connectivity index (χ1n) is 5.47. The molecule has 1 aromatic heterocycles. The van der Waals surface area contributed by atoms with Gasteiger partial charge in [0.25, 0.3) is 11.6 Å². The fourth-order valence-corrected chi connectivity index (χ4v) is 2.56. The van der Waals surface area contributed by atoms with Crippen LogP contribution in [-0.4, -0.2) is 21.9 Å². The summed E-state index contributed by atoms with van der Waals surface area (Å²) < 4.78 is 0. The quantitative estimate of drug-likeness (QED) is 0.662. The largest absolute Gasteiger partial charge is 0.477 e. The van der Waals surface area contributed by atoms with Gasteiger partial charge in [0, 0.05) is 6.07 Å². The van der Waals surface area contributed by atoms with Crippen LogP contribution in [0.5, 0.6) is 0 Å². The van der Waals surface area contributed by atoms with Gasteiger partial charge in [0.1, 0.15) is 9.90 Å². The monoisotopic (exact) mass is 326 g/mol. The molecular weight excluding hydrogens is 320 g/mol. The molecule has 0 aliphatic carbocycles. The molecule has 7 nitrogen and oxygen atoms in total. The van der Waals surface area contributed by atoms with Gasteiger partial charge in [0.2, 0.25) is 0 Å². The van der Waals surface area contributed by atoms with Gasteiger partial charge in [-0.05, 0) is 18.2 Å². The number of benzene rings is 1. The Hall–Kier alpha value is -2.45. The van der Waals surface area contributed by atoms with Gasteiger partial charge in [-0.15, -0.1) is 11.3 Å². The van der Waals surface area contributed by atoms with Crippen molar-refractivity contribution in [2.75, 3.05) is 5.32 Å². The van der Waals surface area contributed by atoms with E-state index in [1.165, 1.54) is 30.3 Å². The summed E-state index contributed by atoms with van der Waals surface area (Å²) in [6, 6.07) is 6.65. The van der Waals surface area contributed by atoms with Crippen molar-refractivity contribution in [3.63, 3.8) is 0 Å². The molecule has 1 amide bonds. The highest BCUT2D eigenvalue weighted by Crippen LogP contribution is 2.29. The van der Waals surface area contributed by atoms with E-state index in [9.17, 15) is 19.7 Å². The lowest BCUT2D eigenvalue weighted by atomic mass is 10.2. The third kappa shape index (κ3) is 3.18. The standard InChI is InChI=1S/C12H7ClN2O5S/c13-10-6(2-1-3-7(10)15(19)20)11(16)14-9-5-4-8(21-9)12(17)18/h1-5H,(H,14,16)(H,17,18). The average molecular weight is 327 g/mol. The summed E-state index contributed by atoms with van der Waals surface area (Å²) in [6.07, 6.45) is 0. The molecule has 2 N–H and O–H groups in total. The molecule has 0 spiro atoms. The van der Waals surface area contributed by atoms with E-state index in [2.05, 4.69) is 5.32 Å². The molecule has 0 aliphatic rings. The first-order valence-corrected chi connectivity index (χ1v) is 6.67. The summed E-state index contributed by atoms with van der Waals surface area (Å²) in [5.41, 5.74) is -0.433. The zero-order valence-electron chi connectivity index (χ0n) is 10.2. The number of hydrogen-bond acceptors (Lipinski definition) is 5. The number of carboxylic acids is 1. The number of halogens is 1. The van der Waals surface area contributed by atoms with Crippen molar-refractivity contribution >= 4 is 45.5 Å². The second-order valence-corrected chi connectivity index (χ2v) is 5.28. The van der Waals surface area contributed by atoms with Crippen molar-refractivity contribution in [3.8, 4) is 0 Å². The van der Waals surface area contributed by atoms with E-state index in [-0.39, 0.29) is 21.2 Å². The maximum Gasteiger partial charge on any atom is 0.345 e. The van der Waals surface area contributed by atoms with Crippen LogP contribution >= 0.6 is 22.9 Å². The highest BCUT2D eigenvalue weighted by molar-refractivity contribution is 7.18. The minimum Gasteiger partial charge on any atom is -0.477 e. The predicted molar refractivity (Wildman–Crippen MR) is 77.3 cm³/mol. The number of nitrogens with zero attached hydrogens (tertiary/aromatic N) is 1. The van der Waals surface area contributed by atoms with Crippen LogP contribution < -0.4 is 5.32 Å².